The SMILES string of the molecule is O[C@H](CN1CCC[C@H](N2CCCCC2)C1)c1ccccc1. The van der Waals surface area contributed by atoms with Crippen LogP contribution in [-0.4, -0.2) is 53.7 Å². The second-order valence-electron chi connectivity index (χ2n) is 6.58. The summed E-state index contributed by atoms with van der Waals surface area (Å²) < 4.78 is 0. The molecule has 0 amide bonds. The van der Waals surface area contributed by atoms with Crippen molar-refractivity contribution in [2.24, 2.45) is 0 Å². The van der Waals surface area contributed by atoms with E-state index in [1.807, 2.05) is 30.3 Å². The van der Waals surface area contributed by atoms with E-state index < -0.39 is 0 Å². The van der Waals surface area contributed by atoms with Crippen LogP contribution in [0.15, 0.2) is 30.3 Å². The summed E-state index contributed by atoms with van der Waals surface area (Å²) in [5, 5.41) is 10.4. The van der Waals surface area contributed by atoms with Crippen LogP contribution < -0.4 is 0 Å². The first kappa shape index (κ1) is 15.0. The van der Waals surface area contributed by atoms with E-state index in [9.17, 15) is 5.11 Å². The van der Waals surface area contributed by atoms with E-state index >= 15 is 0 Å². The molecule has 3 nitrogen and oxygen atoms in total. The molecule has 2 saturated heterocycles. The van der Waals surface area contributed by atoms with Gasteiger partial charge in [-0.3, -0.25) is 9.80 Å². The fourth-order valence-corrected chi connectivity index (χ4v) is 3.80. The van der Waals surface area contributed by atoms with E-state index in [4.69, 9.17) is 0 Å². The number of benzene rings is 1. The van der Waals surface area contributed by atoms with Gasteiger partial charge in [-0.2, -0.15) is 0 Å². The van der Waals surface area contributed by atoms with Crippen LogP contribution in [0.25, 0.3) is 0 Å². The Labute approximate surface area is 128 Å². The molecule has 1 aromatic carbocycles. The van der Waals surface area contributed by atoms with Crippen LogP contribution in [-0.2, 0) is 0 Å². The van der Waals surface area contributed by atoms with Crippen molar-refractivity contribution >= 4 is 0 Å². The van der Waals surface area contributed by atoms with Crippen LogP contribution in [0.2, 0.25) is 0 Å². The molecule has 116 valence electrons. The molecule has 2 heterocycles. The van der Waals surface area contributed by atoms with Crippen LogP contribution in [0.4, 0.5) is 0 Å². The fourth-order valence-electron chi connectivity index (χ4n) is 3.80. The lowest BCUT2D eigenvalue weighted by atomic mass is 10.00. The largest absolute Gasteiger partial charge is 0.387 e. The van der Waals surface area contributed by atoms with Gasteiger partial charge in [0.15, 0.2) is 0 Å². The van der Waals surface area contributed by atoms with Gasteiger partial charge >= 0.3 is 0 Å². The summed E-state index contributed by atoms with van der Waals surface area (Å²) >= 11 is 0. The minimum Gasteiger partial charge on any atom is -0.387 e. The van der Waals surface area contributed by atoms with Gasteiger partial charge in [-0.25, -0.2) is 0 Å². The van der Waals surface area contributed by atoms with Crippen molar-refractivity contribution in [1.29, 1.82) is 0 Å². The first-order valence-corrected chi connectivity index (χ1v) is 8.52. The quantitative estimate of drug-likeness (QED) is 0.923. The van der Waals surface area contributed by atoms with Crippen molar-refractivity contribution in [2.75, 3.05) is 32.7 Å². The number of aliphatic hydroxyl groups excluding tert-OH is 1. The lowest BCUT2D eigenvalue weighted by Gasteiger charge is -2.41. The number of piperidine rings is 2. The van der Waals surface area contributed by atoms with E-state index in [-0.39, 0.29) is 6.10 Å². The molecule has 0 unspecified atom stereocenters. The maximum Gasteiger partial charge on any atom is 0.0916 e. The topological polar surface area (TPSA) is 26.7 Å². The second-order valence-corrected chi connectivity index (χ2v) is 6.58. The predicted octanol–water partition coefficient (Wildman–Crippen LogP) is 2.67. The highest BCUT2D eigenvalue weighted by atomic mass is 16.3. The summed E-state index contributed by atoms with van der Waals surface area (Å²) in [5.41, 5.74) is 1.04. The molecule has 0 aliphatic carbocycles. The number of hydrogen-bond donors (Lipinski definition) is 1. The fraction of sp³-hybridized carbons (Fsp3) is 0.667. The summed E-state index contributed by atoms with van der Waals surface area (Å²) in [5.74, 6) is 0. The molecule has 21 heavy (non-hydrogen) atoms. The highest BCUT2D eigenvalue weighted by Crippen LogP contribution is 2.22. The molecule has 1 N–H and O–H groups in total. The summed E-state index contributed by atoms with van der Waals surface area (Å²) in [7, 11) is 0. The zero-order chi connectivity index (χ0) is 14.5. The second kappa shape index (κ2) is 7.39. The molecule has 1 aromatic rings. The van der Waals surface area contributed by atoms with Crippen LogP contribution in [0.5, 0.6) is 0 Å². The zero-order valence-corrected chi connectivity index (χ0v) is 13.0. The molecule has 2 fully saturated rings. The Morgan fingerprint density at radius 3 is 2.52 bits per heavy atom. The lowest BCUT2D eigenvalue weighted by molar-refractivity contribution is 0.0500. The van der Waals surface area contributed by atoms with E-state index in [1.165, 1.54) is 45.2 Å². The Hall–Kier alpha value is -0.900. The van der Waals surface area contributed by atoms with Crippen molar-refractivity contribution in [3.05, 3.63) is 35.9 Å². The number of likely N-dealkylation sites (tertiary alicyclic amines) is 2. The molecule has 3 rings (SSSR count). The third-order valence-electron chi connectivity index (χ3n) is 5.00. The van der Waals surface area contributed by atoms with Gasteiger partial charge in [0.25, 0.3) is 0 Å². The Kier molecular flexibility index (Phi) is 5.28. The van der Waals surface area contributed by atoms with Crippen LogP contribution in [0.1, 0.15) is 43.8 Å². The third kappa shape index (κ3) is 4.06. The van der Waals surface area contributed by atoms with Crippen LogP contribution >= 0.6 is 0 Å². The van der Waals surface area contributed by atoms with Gasteiger partial charge in [0, 0.05) is 19.1 Å². The van der Waals surface area contributed by atoms with Gasteiger partial charge in [-0.15, -0.1) is 0 Å². The Balaban J connectivity index is 1.53. The molecule has 0 bridgehead atoms. The summed E-state index contributed by atoms with van der Waals surface area (Å²) in [6.45, 7) is 5.59. The Bertz CT molecular complexity index is 416. The molecule has 0 radical (unpaired) electrons. The van der Waals surface area contributed by atoms with Gasteiger partial charge in [-0.1, -0.05) is 36.8 Å². The molecule has 0 aromatic heterocycles. The first-order valence-electron chi connectivity index (χ1n) is 8.52. The highest BCUT2D eigenvalue weighted by Gasteiger charge is 2.27. The summed E-state index contributed by atoms with van der Waals surface area (Å²) in [6.07, 6.45) is 6.37. The van der Waals surface area contributed by atoms with Gasteiger partial charge in [-0.05, 0) is 50.9 Å². The van der Waals surface area contributed by atoms with Gasteiger partial charge in [0.05, 0.1) is 6.10 Å². The van der Waals surface area contributed by atoms with E-state index in [2.05, 4.69) is 9.80 Å². The molecule has 0 saturated carbocycles. The van der Waals surface area contributed by atoms with Crippen molar-refractivity contribution in [3.63, 3.8) is 0 Å². The zero-order valence-electron chi connectivity index (χ0n) is 13.0. The van der Waals surface area contributed by atoms with Crippen molar-refractivity contribution < 1.29 is 5.11 Å². The van der Waals surface area contributed by atoms with Crippen LogP contribution in [0.3, 0.4) is 0 Å². The van der Waals surface area contributed by atoms with Crippen molar-refractivity contribution in [2.45, 2.75) is 44.2 Å². The molecule has 2 atom stereocenters. The van der Waals surface area contributed by atoms with E-state index in [0.29, 0.717) is 6.04 Å². The number of nitrogens with zero attached hydrogens (tertiary/aromatic N) is 2. The van der Waals surface area contributed by atoms with Gasteiger partial charge in [0.1, 0.15) is 0 Å². The predicted molar refractivity (Wildman–Crippen MR) is 86.3 cm³/mol. The molecule has 2 aliphatic rings. The van der Waals surface area contributed by atoms with E-state index in [1.54, 1.807) is 0 Å². The highest BCUT2D eigenvalue weighted by molar-refractivity contribution is 5.17. The number of hydrogen-bond acceptors (Lipinski definition) is 3. The molecular weight excluding hydrogens is 260 g/mol. The van der Waals surface area contributed by atoms with Crippen molar-refractivity contribution in [1.82, 2.24) is 9.80 Å². The summed E-state index contributed by atoms with van der Waals surface area (Å²) in [4.78, 5) is 5.14. The number of aliphatic hydroxyl groups is 1. The molecule has 2 aliphatic heterocycles. The lowest BCUT2D eigenvalue weighted by Crippen LogP contribution is -2.50. The van der Waals surface area contributed by atoms with Gasteiger partial charge in [0.2, 0.25) is 0 Å². The third-order valence-corrected chi connectivity index (χ3v) is 5.00. The smallest absolute Gasteiger partial charge is 0.0916 e. The Morgan fingerprint density at radius 2 is 1.76 bits per heavy atom. The first-order chi connectivity index (χ1) is 10.3. The van der Waals surface area contributed by atoms with Crippen LogP contribution in [0, 0.1) is 0 Å². The summed E-state index contributed by atoms with van der Waals surface area (Å²) in [6, 6.07) is 10.8. The molecule has 3 heteroatoms. The minimum atomic E-state index is -0.355. The maximum absolute atomic E-state index is 10.4. The Morgan fingerprint density at radius 1 is 1.00 bits per heavy atom. The van der Waals surface area contributed by atoms with Crippen molar-refractivity contribution in [3.8, 4) is 0 Å². The minimum absolute atomic E-state index is 0.355. The molecular formula is C18H28N2O. The maximum atomic E-state index is 10.4. The standard InChI is InChI=1S/C18H28N2O/c21-18(16-8-3-1-4-9-16)15-19-11-7-10-17(14-19)20-12-5-2-6-13-20/h1,3-4,8-9,17-18,21H,2,5-7,10-15H2/t17-,18+/m0/s1. The van der Waals surface area contributed by atoms with Gasteiger partial charge < -0.3 is 5.11 Å². The monoisotopic (exact) mass is 288 g/mol. The average molecular weight is 288 g/mol. The normalized spacial score (nSPS) is 26.6. The average Bonchev–Trinajstić information content (AvgIpc) is 2.57. The molecule has 0 spiro atoms. The number of rotatable bonds is 4. The number of β-amino-alcohol motifs (C(OH)–C–C–N with tert-alkyl or cyclic N) is 1. The van der Waals surface area contributed by atoms with E-state index in [0.717, 1.165) is 25.2 Å².